The Kier molecular flexibility index (Phi) is 12.6. The number of nitrogens with zero attached hydrogens (tertiary/aromatic N) is 4. The van der Waals surface area contributed by atoms with Gasteiger partial charge in [-0.2, -0.15) is 0 Å². The van der Waals surface area contributed by atoms with Gasteiger partial charge < -0.3 is 39.9 Å². The van der Waals surface area contributed by atoms with Crippen LogP contribution in [0.25, 0.3) is 33.6 Å². The van der Waals surface area contributed by atoms with Crippen LogP contribution in [-0.2, 0) is 23.9 Å². The first kappa shape index (κ1) is 42.4. The van der Waals surface area contributed by atoms with Crippen LogP contribution in [0, 0.1) is 17.8 Å². The van der Waals surface area contributed by atoms with Gasteiger partial charge in [0.25, 0.3) is 5.91 Å². The van der Waals surface area contributed by atoms with Gasteiger partial charge in [0.2, 0.25) is 11.8 Å². The lowest BCUT2D eigenvalue weighted by molar-refractivity contribution is -0.139. The van der Waals surface area contributed by atoms with E-state index < -0.39 is 18.2 Å². The number of methoxy groups -OCH3 is 2. The first-order valence-corrected chi connectivity index (χ1v) is 21.6. The molecule has 6 atom stereocenters. The topological polar surface area (TPSA) is 175 Å². The second-order valence-electron chi connectivity index (χ2n) is 17.3. The molecule has 0 bridgehead atoms. The average molecular weight is 841 g/mol. The maximum Gasteiger partial charge on any atom is 0.407 e. The van der Waals surface area contributed by atoms with Crippen LogP contribution < -0.4 is 10.6 Å². The van der Waals surface area contributed by atoms with E-state index in [4.69, 9.17) is 19.4 Å². The Balaban J connectivity index is 0.944. The maximum atomic E-state index is 14.3. The van der Waals surface area contributed by atoms with Gasteiger partial charge in [-0.3, -0.25) is 14.4 Å². The van der Waals surface area contributed by atoms with E-state index in [1.165, 1.54) is 7.11 Å². The smallest absolute Gasteiger partial charge is 0.407 e. The van der Waals surface area contributed by atoms with Crippen molar-refractivity contribution in [3.63, 3.8) is 0 Å². The van der Waals surface area contributed by atoms with E-state index in [0.29, 0.717) is 25.4 Å². The van der Waals surface area contributed by atoms with Crippen LogP contribution in [0.5, 0.6) is 0 Å². The summed E-state index contributed by atoms with van der Waals surface area (Å²) in [6.07, 6.45) is 7.00. The monoisotopic (exact) mass is 840 g/mol. The number of hydrogen-bond acceptors (Lipinski definition) is 8. The number of alkyl carbamates (subject to hydrolysis) is 1. The van der Waals surface area contributed by atoms with Crippen LogP contribution in [-0.4, -0.2) is 93.0 Å². The number of hydrogen-bond donors (Lipinski definition) is 4. The number of likely N-dealkylation sites (tertiary alicyclic amines) is 2. The summed E-state index contributed by atoms with van der Waals surface area (Å²) in [5.41, 5.74) is 6.51. The molecule has 3 aliphatic rings. The number of carbonyl (C=O) groups excluding carboxylic acids is 4. The highest BCUT2D eigenvalue weighted by atomic mass is 16.5. The highest BCUT2D eigenvalue weighted by Gasteiger charge is 2.43. The third kappa shape index (κ3) is 9.01. The second kappa shape index (κ2) is 18.4. The lowest BCUT2D eigenvalue weighted by Gasteiger charge is -2.32. The molecule has 2 saturated heterocycles. The number of aromatic amines is 2. The van der Waals surface area contributed by atoms with Crippen molar-refractivity contribution in [2.75, 3.05) is 27.4 Å². The Hall–Kier alpha value is -6.28. The number of rotatable bonds is 14. The van der Waals surface area contributed by atoms with Gasteiger partial charge in [0.1, 0.15) is 23.7 Å². The zero-order valence-corrected chi connectivity index (χ0v) is 36.0. The SMILES string of the molecule is COC[C@H]1C[C@@H](c2ncc(-c3ccc(-c4ccc(-c5cnc([C@@H]6CCC(C)N6C(=O)[C@H](NC(=O)C6CC6)c6ccccc6)[nH]5)cc4)cc3)[nH]2)N(C(=O)[C@@H](NC(=O)OC)C(C)C)C1. The van der Waals surface area contributed by atoms with Crippen LogP contribution in [0.3, 0.4) is 0 Å². The Morgan fingerprint density at radius 1 is 0.742 bits per heavy atom. The molecule has 324 valence electrons. The van der Waals surface area contributed by atoms with Crippen molar-refractivity contribution in [1.29, 1.82) is 0 Å². The molecule has 1 aliphatic carbocycles. The maximum absolute atomic E-state index is 14.3. The Bertz CT molecular complexity index is 2360. The molecule has 14 heteroatoms. The molecule has 1 unspecified atom stereocenters. The number of carbonyl (C=O) groups is 4. The second-order valence-corrected chi connectivity index (χ2v) is 17.3. The summed E-state index contributed by atoms with van der Waals surface area (Å²) in [6.45, 7) is 6.86. The highest BCUT2D eigenvalue weighted by Crippen LogP contribution is 2.39. The van der Waals surface area contributed by atoms with Crippen molar-refractivity contribution in [1.82, 2.24) is 40.4 Å². The lowest BCUT2D eigenvalue weighted by Crippen LogP contribution is -2.51. The molecular weight excluding hydrogens is 785 g/mol. The first-order valence-electron chi connectivity index (χ1n) is 21.6. The predicted molar refractivity (Wildman–Crippen MR) is 234 cm³/mol. The van der Waals surface area contributed by atoms with Crippen LogP contribution in [0.2, 0.25) is 0 Å². The fourth-order valence-corrected chi connectivity index (χ4v) is 8.96. The number of nitrogens with one attached hydrogen (secondary N) is 4. The quantitative estimate of drug-likeness (QED) is 0.0897. The summed E-state index contributed by atoms with van der Waals surface area (Å²) < 4.78 is 10.3. The molecule has 3 fully saturated rings. The zero-order valence-electron chi connectivity index (χ0n) is 36.0. The van der Waals surface area contributed by atoms with Gasteiger partial charge in [0.15, 0.2) is 0 Å². The summed E-state index contributed by atoms with van der Waals surface area (Å²) in [6, 6.07) is 24.0. The summed E-state index contributed by atoms with van der Waals surface area (Å²) >= 11 is 0. The number of imidazole rings is 2. The molecule has 0 radical (unpaired) electrons. The van der Waals surface area contributed by atoms with Gasteiger partial charge in [-0.05, 0) is 72.8 Å². The molecule has 2 aliphatic heterocycles. The molecule has 1 saturated carbocycles. The van der Waals surface area contributed by atoms with E-state index in [-0.39, 0.29) is 53.6 Å². The molecule has 3 aromatic carbocycles. The van der Waals surface area contributed by atoms with E-state index >= 15 is 0 Å². The fourth-order valence-electron chi connectivity index (χ4n) is 8.96. The molecule has 0 spiro atoms. The minimum absolute atomic E-state index is 0.00546. The van der Waals surface area contributed by atoms with Crippen molar-refractivity contribution in [2.24, 2.45) is 17.8 Å². The molecule has 4 N–H and O–H groups in total. The van der Waals surface area contributed by atoms with E-state index in [1.54, 1.807) is 18.2 Å². The normalized spacial score (nSPS) is 20.9. The average Bonchev–Trinajstić information content (AvgIpc) is 3.60. The number of benzene rings is 3. The molecule has 4 heterocycles. The minimum atomic E-state index is -0.753. The highest BCUT2D eigenvalue weighted by molar-refractivity contribution is 5.91. The summed E-state index contributed by atoms with van der Waals surface area (Å²) in [4.78, 5) is 73.4. The Morgan fingerprint density at radius 3 is 1.87 bits per heavy atom. The molecule has 62 heavy (non-hydrogen) atoms. The van der Waals surface area contributed by atoms with Crippen molar-refractivity contribution < 1.29 is 28.7 Å². The molecule has 8 rings (SSSR count). The number of H-pyrrole nitrogens is 2. The van der Waals surface area contributed by atoms with Crippen molar-refractivity contribution in [2.45, 2.75) is 83.1 Å². The van der Waals surface area contributed by atoms with Crippen LogP contribution in [0.15, 0.2) is 91.3 Å². The zero-order chi connectivity index (χ0) is 43.5. The van der Waals surface area contributed by atoms with Gasteiger partial charge in [-0.25, -0.2) is 14.8 Å². The largest absolute Gasteiger partial charge is 0.453 e. The molecule has 5 aromatic rings. The van der Waals surface area contributed by atoms with Gasteiger partial charge >= 0.3 is 6.09 Å². The van der Waals surface area contributed by atoms with Crippen LogP contribution in [0.4, 0.5) is 4.79 Å². The predicted octanol–water partition coefficient (Wildman–Crippen LogP) is 7.37. The lowest BCUT2D eigenvalue weighted by atomic mass is 10.0. The summed E-state index contributed by atoms with van der Waals surface area (Å²) in [5.74, 6) is 1.03. The fraction of sp³-hybridized carbons (Fsp3) is 0.417. The Morgan fingerprint density at radius 2 is 1.32 bits per heavy atom. The summed E-state index contributed by atoms with van der Waals surface area (Å²) in [7, 11) is 2.94. The number of aromatic nitrogens is 4. The third-order valence-corrected chi connectivity index (χ3v) is 12.5. The van der Waals surface area contributed by atoms with Gasteiger partial charge in [0.05, 0.1) is 49.6 Å². The van der Waals surface area contributed by atoms with E-state index in [9.17, 15) is 19.2 Å². The Labute approximate surface area is 362 Å². The van der Waals surface area contributed by atoms with Gasteiger partial charge in [-0.15, -0.1) is 0 Å². The van der Waals surface area contributed by atoms with E-state index in [0.717, 1.165) is 70.7 Å². The van der Waals surface area contributed by atoms with Crippen molar-refractivity contribution >= 4 is 23.8 Å². The molecular formula is C48H56N8O6. The minimum Gasteiger partial charge on any atom is -0.453 e. The van der Waals surface area contributed by atoms with E-state index in [2.05, 4.69) is 76.1 Å². The third-order valence-electron chi connectivity index (χ3n) is 12.5. The molecule has 4 amide bonds. The van der Waals surface area contributed by atoms with E-state index in [1.807, 2.05) is 55.3 Å². The first-order chi connectivity index (χ1) is 30.0. The van der Waals surface area contributed by atoms with Gasteiger partial charge in [-0.1, -0.05) is 92.7 Å². The van der Waals surface area contributed by atoms with Crippen molar-refractivity contribution in [3.8, 4) is 33.6 Å². The van der Waals surface area contributed by atoms with Crippen LogP contribution >= 0.6 is 0 Å². The molecule has 2 aromatic heterocycles. The number of amides is 4. The standard InChI is InChI=1S/C48H56N8O6/c1-28(2)41(54-48(60)62-5)46(58)55-26-30(27-61-4)23-40(55)44-50-25-38(52-44)34-18-14-32(15-19-34)31-12-16-33(17-13-31)37-24-49-43(51-37)39-22-11-29(3)56(39)47(59)42(35-9-7-6-8-10-35)53-45(57)36-20-21-36/h6-10,12-19,24-25,28-30,36,39-42H,11,20-23,26-27H2,1-5H3,(H,49,51)(H,50,52)(H,53,57)(H,54,60)/t29?,30-,39-,40-,41-,42+/m0/s1. The number of ether oxygens (including phenoxy) is 2. The summed E-state index contributed by atoms with van der Waals surface area (Å²) in [5, 5.41) is 5.78. The van der Waals surface area contributed by atoms with Gasteiger partial charge in [0, 0.05) is 31.5 Å². The molecule has 14 nitrogen and oxygen atoms in total. The van der Waals surface area contributed by atoms with Crippen LogP contribution in [0.1, 0.15) is 88.2 Å². The van der Waals surface area contributed by atoms with Crippen molar-refractivity contribution in [3.05, 3.63) is 108 Å².